The van der Waals surface area contributed by atoms with Crippen LogP contribution < -0.4 is 0 Å². The number of nitrogens with zero attached hydrogens (tertiary/aromatic N) is 2. The molecule has 0 aliphatic heterocycles. The number of aliphatic hydroxyl groups is 1. The molecule has 14 heavy (non-hydrogen) atoms. The molecule has 0 saturated heterocycles. The Balaban J connectivity index is 2.80. The molecule has 2 heterocycles. The smallest absolute Gasteiger partial charge is 0.298 e. The molecular weight excluding hydrogens is 180 g/mol. The molecule has 2 N–H and O–H groups in total. The molecule has 0 aliphatic rings. The van der Waals surface area contributed by atoms with Crippen LogP contribution in [0.1, 0.15) is 19.5 Å². The molecule has 0 atom stereocenters. The summed E-state index contributed by atoms with van der Waals surface area (Å²) in [5.74, 6) is 0. The molecular formula is C10H12N2O2. The van der Waals surface area contributed by atoms with Crippen molar-refractivity contribution in [2.45, 2.75) is 19.4 Å². The van der Waals surface area contributed by atoms with Crippen LogP contribution in [0.5, 0.6) is 6.01 Å². The number of pyridine rings is 1. The standard InChI is InChI=1S/C10H12N2O2/c1-10(2,14)8-7-5-3-4-6-12(7)9(13)11-8/h3-6,14H,1-2H3,(H,11,13). The van der Waals surface area contributed by atoms with Crippen molar-refractivity contribution in [3.63, 3.8) is 0 Å². The second kappa shape index (κ2) is 2.72. The summed E-state index contributed by atoms with van der Waals surface area (Å²) in [7, 11) is 0. The molecule has 0 saturated carbocycles. The van der Waals surface area contributed by atoms with Gasteiger partial charge in [-0.2, -0.15) is 4.98 Å². The van der Waals surface area contributed by atoms with Gasteiger partial charge in [0.2, 0.25) is 0 Å². The van der Waals surface area contributed by atoms with Crippen molar-refractivity contribution >= 4 is 5.52 Å². The zero-order valence-corrected chi connectivity index (χ0v) is 8.10. The summed E-state index contributed by atoms with van der Waals surface area (Å²) in [5, 5.41) is 19.3. The molecule has 4 heteroatoms. The highest BCUT2D eigenvalue weighted by molar-refractivity contribution is 5.56. The number of imidazole rings is 1. The lowest BCUT2D eigenvalue weighted by atomic mass is 10.0. The summed E-state index contributed by atoms with van der Waals surface area (Å²) in [6.45, 7) is 3.28. The maximum atomic E-state index is 9.81. The van der Waals surface area contributed by atoms with Gasteiger partial charge in [-0.25, -0.2) is 0 Å². The van der Waals surface area contributed by atoms with Crippen LogP contribution in [0.25, 0.3) is 5.52 Å². The van der Waals surface area contributed by atoms with Gasteiger partial charge in [-0.1, -0.05) is 6.07 Å². The first-order chi connectivity index (χ1) is 6.50. The molecule has 0 amide bonds. The van der Waals surface area contributed by atoms with Gasteiger partial charge in [0, 0.05) is 6.20 Å². The summed E-state index contributed by atoms with van der Waals surface area (Å²) >= 11 is 0. The van der Waals surface area contributed by atoms with Crippen molar-refractivity contribution in [2.75, 3.05) is 0 Å². The third kappa shape index (κ3) is 1.24. The van der Waals surface area contributed by atoms with Gasteiger partial charge in [0.15, 0.2) is 0 Å². The largest absolute Gasteiger partial charge is 0.480 e. The molecule has 0 aromatic carbocycles. The van der Waals surface area contributed by atoms with Crippen molar-refractivity contribution in [1.82, 2.24) is 9.38 Å². The number of aromatic nitrogens is 2. The van der Waals surface area contributed by atoms with Gasteiger partial charge in [-0.05, 0) is 26.0 Å². The van der Waals surface area contributed by atoms with E-state index < -0.39 is 5.60 Å². The van der Waals surface area contributed by atoms with Gasteiger partial charge in [-0.15, -0.1) is 0 Å². The zero-order valence-electron chi connectivity index (χ0n) is 8.10. The number of hydrogen-bond acceptors (Lipinski definition) is 3. The van der Waals surface area contributed by atoms with Crippen molar-refractivity contribution < 1.29 is 10.2 Å². The normalized spacial score (nSPS) is 12.2. The molecule has 2 aromatic heterocycles. The number of hydrogen-bond donors (Lipinski definition) is 2. The molecule has 4 nitrogen and oxygen atoms in total. The monoisotopic (exact) mass is 192 g/mol. The summed E-state index contributed by atoms with van der Waals surface area (Å²) in [6.07, 6.45) is 1.70. The summed E-state index contributed by atoms with van der Waals surface area (Å²) < 4.78 is 1.54. The first-order valence-electron chi connectivity index (χ1n) is 4.39. The topological polar surface area (TPSA) is 57.8 Å². The van der Waals surface area contributed by atoms with Crippen LogP contribution in [0.2, 0.25) is 0 Å². The molecule has 0 bridgehead atoms. The Morgan fingerprint density at radius 1 is 1.36 bits per heavy atom. The quantitative estimate of drug-likeness (QED) is 0.715. The predicted molar refractivity (Wildman–Crippen MR) is 52.1 cm³/mol. The van der Waals surface area contributed by atoms with E-state index in [0.717, 1.165) is 5.52 Å². The first-order valence-corrected chi connectivity index (χ1v) is 4.39. The molecule has 0 radical (unpaired) electrons. The van der Waals surface area contributed by atoms with Crippen LogP contribution in [0.15, 0.2) is 24.4 Å². The van der Waals surface area contributed by atoms with Gasteiger partial charge in [0.25, 0.3) is 6.01 Å². The molecule has 2 rings (SSSR count). The van der Waals surface area contributed by atoms with Gasteiger partial charge >= 0.3 is 0 Å². The Bertz CT molecular complexity index is 468. The Morgan fingerprint density at radius 2 is 2.07 bits per heavy atom. The maximum absolute atomic E-state index is 9.81. The minimum absolute atomic E-state index is 0.0993. The van der Waals surface area contributed by atoms with Crippen molar-refractivity contribution in [3.8, 4) is 6.01 Å². The van der Waals surface area contributed by atoms with Crippen LogP contribution in [0.3, 0.4) is 0 Å². The van der Waals surface area contributed by atoms with Crippen LogP contribution in [0.4, 0.5) is 0 Å². The fourth-order valence-corrected chi connectivity index (χ4v) is 1.47. The average molecular weight is 192 g/mol. The molecule has 74 valence electrons. The predicted octanol–water partition coefficient (Wildman–Crippen LogP) is 1.27. The SMILES string of the molecule is CC(C)(O)c1nc(O)n2ccccc12. The van der Waals surface area contributed by atoms with E-state index in [1.807, 2.05) is 6.07 Å². The summed E-state index contributed by atoms with van der Waals surface area (Å²) in [6, 6.07) is 5.34. The van der Waals surface area contributed by atoms with E-state index in [9.17, 15) is 10.2 Å². The Kier molecular flexibility index (Phi) is 1.75. The van der Waals surface area contributed by atoms with E-state index in [2.05, 4.69) is 4.98 Å². The number of fused-ring (bicyclic) bond motifs is 1. The Labute approximate surface area is 81.5 Å². The lowest BCUT2D eigenvalue weighted by Crippen LogP contribution is -2.16. The second-order valence-corrected chi connectivity index (χ2v) is 3.78. The van der Waals surface area contributed by atoms with E-state index in [1.54, 1.807) is 32.2 Å². The molecule has 0 aliphatic carbocycles. The van der Waals surface area contributed by atoms with E-state index >= 15 is 0 Å². The Morgan fingerprint density at radius 3 is 2.71 bits per heavy atom. The van der Waals surface area contributed by atoms with E-state index in [-0.39, 0.29) is 6.01 Å². The van der Waals surface area contributed by atoms with Crippen LogP contribution >= 0.6 is 0 Å². The van der Waals surface area contributed by atoms with Crippen molar-refractivity contribution in [3.05, 3.63) is 30.1 Å². The van der Waals surface area contributed by atoms with Gasteiger partial charge in [0.05, 0.1) is 5.52 Å². The highest BCUT2D eigenvalue weighted by atomic mass is 16.3. The zero-order chi connectivity index (χ0) is 10.3. The average Bonchev–Trinajstić information content (AvgIpc) is 2.44. The molecule has 0 fully saturated rings. The minimum atomic E-state index is -1.05. The third-order valence-corrected chi connectivity index (χ3v) is 2.11. The van der Waals surface area contributed by atoms with E-state index in [0.29, 0.717) is 5.69 Å². The summed E-state index contributed by atoms with van der Waals surface area (Å²) in [4.78, 5) is 3.93. The summed E-state index contributed by atoms with van der Waals surface area (Å²) in [5.41, 5.74) is 0.154. The van der Waals surface area contributed by atoms with Crippen molar-refractivity contribution in [1.29, 1.82) is 0 Å². The molecule has 0 spiro atoms. The maximum Gasteiger partial charge on any atom is 0.298 e. The fraction of sp³-hybridized carbons (Fsp3) is 0.300. The fourth-order valence-electron chi connectivity index (χ4n) is 1.47. The number of aromatic hydroxyl groups is 1. The van der Waals surface area contributed by atoms with Crippen LogP contribution in [-0.4, -0.2) is 19.6 Å². The Hall–Kier alpha value is -1.55. The van der Waals surface area contributed by atoms with Crippen LogP contribution in [-0.2, 0) is 5.60 Å². The molecule has 2 aromatic rings. The molecule has 0 unspecified atom stereocenters. The first kappa shape index (κ1) is 9.02. The van der Waals surface area contributed by atoms with Gasteiger partial charge in [0.1, 0.15) is 11.3 Å². The third-order valence-electron chi connectivity index (χ3n) is 2.11. The van der Waals surface area contributed by atoms with E-state index in [4.69, 9.17) is 0 Å². The second-order valence-electron chi connectivity index (χ2n) is 3.78. The lowest BCUT2D eigenvalue weighted by Gasteiger charge is -2.13. The highest BCUT2D eigenvalue weighted by Gasteiger charge is 2.23. The minimum Gasteiger partial charge on any atom is -0.480 e. The van der Waals surface area contributed by atoms with Crippen molar-refractivity contribution in [2.24, 2.45) is 0 Å². The lowest BCUT2D eigenvalue weighted by molar-refractivity contribution is 0.0755. The highest BCUT2D eigenvalue weighted by Crippen LogP contribution is 2.26. The number of rotatable bonds is 1. The van der Waals surface area contributed by atoms with Crippen LogP contribution in [0, 0.1) is 0 Å². The van der Waals surface area contributed by atoms with Gasteiger partial charge < -0.3 is 10.2 Å². The van der Waals surface area contributed by atoms with E-state index in [1.165, 1.54) is 4.40 Å². The van der Waals surface area contributed by atoms with Gasteiger partial charge in [-0.3, -0.25) is 4.40 Å².